The predicted molar refractivity (Wildman–Crippen MR) is 93.2 cm³/mol. The van der Waals surface area contributed by atoms with Crippen LogP contribution in [0.1, 0.15) is 0 Å². The summed E-state index contributed by atoms with van der Waals surface area (Å²) in [5.74, 6) is -0.196. The average molecular weight is 358 g/mol. The van der Waals surface area contributed by atoms with Crippen LogP contribution in [0.25, 0.3) is 5.82 Å². The van der Waals surface area contributed by atoms with Gasteiger partial charge in [-0.3, -0.25) is 0 Å². The molecule has 7 nitrogen and oxygen atoms in total. The lowest BCUT2D eigenvalue weighted by molar-refractivity contribution is 0.252. The normalized spacial score (nSPS) is 10.4. The molecule has 0 saturated heterocycles. The Hall–Kier alpha value is -3.49. The van der Waals surface area contributed by atoms with Crippen molar-refractivity contribution in [2.24, 2.45) is 0 Å². The third-order valence-electron chi connectivity index (χ3n) is 3.36. The Morgan fingerprint density at radius 1 is 1.00 bits per heavy atom. The second-order valence-corrected chi connectivity index (χ2v) is 5.32. The van der Waals surface area contributed by atoms with Crippen LogP contribution in [0.5, 0.6) is 0 Å². The van der Waals surface area contributed by atoms with Gasteiger partial charge in [0.15, 0.2) is 0 Å². The Balaban J connectivity index is 1.45. The van der Waals surface area contributed by atoms with E-state index in [0.29, 0.717) is 18.2 Å². The van der Waals surface area contributed by atoms with Gasteiger partial charge in [-0.05, 0) is 24.3 Å². The van der Waals surface area contributed by atoms with Gasteiger partial charge in [0.05, 0.1) is 0 Å². The summed E-state index contributed by atoms with van der Waals surface area (Å²) in [4.78, 5) is 20.0. The molecule has 0 spiro atoms. The predicted octanol–water partition coefficient (Wildman–Crippen LogP) is 2.78. The number of carbonyl (C=O) groups is 1. The van der Waals surface area contributed by atoms with Gasteiger partial charge in [-0.2, -0.15) is 0 Å². The lowest BCUT2D eigenvalue weighted by atomic mass is 10.3. The molecule has 0 radical (unpaired) electrons. The Morgan fingerprint density at radius 2 is 1.73 bits per heavy atom. The van der Waals surface area contributed by atoms with E-state index in [-0.39, 0.29) is 12.2 Å². The molecular weight excluding hydrogens is 342 g/mol. The zero-order valence-electron chi connectivity index (χ0n) is 13.6. The van der Waals surface area contributed by atoms with Gasteiger partial charge in [0.2, 0.25) is 0 Å². The summed E-state index contributed by atoms with van der Waals surface area (Å²) in [5, 5.41) is 8.00. The first-order chi connectivity index (χ1) is 12.6. The maximum Gasteiger partial charge on any atom is 0.319 e. The Bertz CT molecular complexity index is 864. The Labute approximate surface area is 148 Å². The van der Waals surface area contributed by atoms with E-state index in [2.05, 4.69) is 25.9 Å². The van der Waals surface area contributed by atoms with E-state index in [1.165, 1.54) is 6.33 Å². The van der Waals surface area contributed by atoms with Crippen molar-refractivity contribution in [1.29, 1.82) is 0 Å². The topological polar surface area (TPSA) is 83.9 Å². The van der Waals surface area contributed by atoms with Gasteiger partial charge in [-0.25, -0.2) is 23.5 Å². The third kappa shape index (κ3) is 4.76. The quantitative estimate of drug-likeness (QED) is 0.592. The van der Waals surface area contributed by atoms with Gasteiger partial charge in [-0.1, -0.05) is 0 Å². The van der Waals surface area contributed by atoms with Crippen LogP contribution >= 0.6 is 0 Å². The summed E-state index contributed by atoms with van der Waals surface area (Å²) in [7, 11) is 0. The molecule has 0 aliphatic rings. The molecule has 3 rings (SSSR count). The molecule has 26 heavy (non-hydrogen) atoms. The number of hydrogen-bond donors (Lipinski definition) is 3. The van der Waals surface area contributed by atoms with E-state index in [0.717, 1.165) is 18.2 Å². The van der Waals surface area contributed by atoms with Crippen molar-refractivity contribution >= 4 is 17.5 Å². The zero-order chi connectivity index (χ0) is 18.4. The van der Waals surface area contributed by atoms with E-state index in [1.807, 2.05) is 29.1 Å². The Kier molecular flexibility index (Phi) is 5.37. The summed E-state index contributed by atoms with van der Waals surface area (Å²) < 4.78 is 28.0. The fourth-order valence-electron chi connectivity index (χ4n) is 2.24. The van der Waals surface area contributed by atoms with Crippen LogP contribution in [0.15, 0.2) is 55.1 Å². The first-order valence-corrected chi connectivity index (χ1v) is 7.80. The molecule has 2 heterocycles. The molecule has 0 atom stereocenters. The number of amides is 2. The molecule has 0 unspecified atom stereocenters. The SMILES string of the molecule is O=C(NCCNc1cc(-n2cccc2)ncn1)Nc1cc(F)cc(F)c1. The zero-order valence-corrected chi connectivity index (χ0v) is 13.6. The summed E-state index contributed by atoms with van der Waals surface area (Å²) in [5.41, 5.74) is 0.0418. The largest absolute Gasteiger partial charge is 0.368 e. The van der Waals surface area contributed by atoms with Crippen molar-refractivity contribution in [1.82, 2.24) is 19.9 Å². The minimum absolute atomic E-state index is 0.0418. The fourth-order valence-corrected chi connectivity index (χ4v) is 2.24. The van der Waals surface area contributed by atoms with Crippen molar-refractivity contribution in [3.8, 4) is 5.82 Å². The smallest absolute Gasteiger partial charge is 0.319 e. The number of aromatic nitrogens is 3. The number of benzene rings is 1. The molecule has 0 saturated carbocycles. The number of anilines is 2. The van der Waals surface area contributed by atoms with E-state index in [9.17, 15) is 13.6 Å². The number of halogens is 2. The first-order valence-electron chi connectivity index (χ1n) is 7.80. The van der Waals surface area contributed by atoms with Gasteiger partial charge in [0.1, 0.15) is 29.6 Å². The van der Waals surface area contributed by atoms with Crippen LogP contribution in [0.3, 0.4) is 0 Å². The van der Waals surface area contributed by atoms with Crippen LogP contribution in [0, 0.1) is 11.6 Å². The second-order valence-electron chi connectivity index (χ2n) is 5.32. The van der Waals surface area contributed by atoms with E-state index < -0.39 is 17.7 Å². The molecule has 2 aromatic heterocycles. The molecule has 2 amide bonds. The minimum atomic E-state index is -0.760. The van der Waals surface area contributed by atoms with Crippen LogP contribution in [-0.2, 0) is 0 Å². The van der Waals surface area contributed by atoms with Gasteiger partial charge in [0, 0.05) is 43.3 Å². The second kappa shape index (κ2) is 8.06. The van der Waals surface area contributed by atoms with Crippen LogP contribution in [0.2, 0.25) is 0 Å². The number of nitrogens with one attached hydrogen (secondary N) is 3. The van der Waals surface area contributed by atoms with Crippen molar-refractivity contribution < 1.29 is 13.6 Å². The van der Waals surface area contributed by atoms with Crippen LogP contribution < -0.4 is 16.0 Å². The number of urea groups is 1. The summed E-state index contributed by atoms with van der Waals surface area (Å²) in [6.07, 6.45) is 5.18. The average Bonchev–Trinajstić information content (AvgIpc) is 3.13. The molecule has 3 N–H and O–H groups in total. The monoisotopic (exact) mass is 358 g/mol. The number of carbonyl (C=O) groups excluding carboxylic acids is 1. The highest BCUT2D eigenvalue weighted by molar-refractivity contribution is 5.89. The van der Waals surface area contributed by atoms with Gasteiger partial charge in [0.25, 0.3) is 0 Å². The molecule has 0 aliphatic carbocycles. The third-order valence-corrected chi connectivity index (χ3v) is 3.36. The molecular formula is C17H16F2N6O. The van der Waals surface area contributed by atoms with Crippen molar-refractivity contribution in [3.63, 3.8) is 0 Å². The standard InChI is InChI=1S/C17H16F2N6O/c18-12-7-13(19)9-14(8-12)24-17(26)21-4-3-20-15-10-16(23-11-22-15)25-5-1-2-6-25/h1-2,5-11H,3-4H2,(H,20,22,23)(H2,21,24,26). The minimum Gasteiger partial charge on any atom is -0.368 e. The van der Waals surface area contributed by atoms with E-state index in [1.54, 1.807) is 6.07 Å². The van der Waals surface area contributed by atoms with E-state index in [4.69, 9.17) is 0 Å². The molecule has 1 aromatic carbocycles. The van der Waals surface area contributed by atoms with E-state index >= 15 is 0 Å². The van der Waals surface area contributed by atoms with Crippen LogP contribution in [-0.4, -0.2) is 33.7 Å². The molecule has 134 valence electrons. The van der Waals surface area contributed by atoms with Gasteiger partial charge >= 0.3 is 6.03 Å². The maximum absolute atomic E-state index is 13.1. The highest BCUT2D eigenvalue weighted by Crippen LogP contribution is 2.12. The number of nitrogens with zero attached hydrogens (tertiary/aromatic N) is 3. The summed E-state index contributed by atoms with van der Waals surface area (Å²) in [6, 6.07) is 7.79. The van der Waals surface area contributed by atoms with Crippen molar-refractivity contribution in [2.45, 2.75) is 0 Å². The lowest BCUT2D eigenvalue weighted by Crippen LogP contribution is -2.32. The molecule has 9 heteroatoms. The van der Waals surface area contributed by atoms with Crippen LogP contribution in [0.4, 0.5) is 25.1 Å². The number of hydrogen-bond acceptors (Lipinski definition) is 4. The summed E-state index contributed by atoms with van der Waals surface area (Å²) >= 11 is 0. The van der Waals surface area contributed by atoms with Gasteiger partial charge < -0.3 is 20.5 Å². The molecule has 0 aliphatic heterocycles. The van der Waals surface area contributed by atoms with Gasteiger partial charge in [-0.15, -0.1) is 0 Å². The highest BCUT2D eigenvalue weighted by atomic mass is 19.1. The van der Waals surface area contributed by atoms with Crippen molar-refractivity contribution in [2.75, 3.05) is 23.7 Å². The number of rotatable bonds is 6. The maximum atomic E-state index is 13.1. The van der Waals surface area contributed by atoms with Crippen molar-refractivity contribution in [3.05, 3.63) is 66.8 Å². The first kappa shape index (κ1) is 17.3. The summed E-state index contributed by atoms with van der Waals surface area (Å²) in [6.45, 7) is 0.694. The Morgan fingerprint density at radius 3 is 2.46 bits per heavy atom. The molecule has 3 aromatic rings. The molecule has 0 fully saturated rings. The molecule has 0 bridgehead atoms. The fraction of sp³-hybridized carbons (Fsp3) is 0.118. The lowest BCUT2D eigenvalue weighted by Gasteiger charge is -2.10. The highest BCUT2D eigenvalue weighted by Gasteiger charge is 2.05.